The van der Waals surface area contributed by atoms with Crippen LogP contribution in [0.5, 0.6) is 0 Å². The zero-order valence-corrected chi connectivity index (χ0v) is 26.1. The summed E-state index contributed by atoms with van der Waals surface area (Å²) in [6, 6.07) is 20.9. The Morgan fingerprint density at radius 1 is 0.682 bits per heavy atom. The monoisotopic (exact) mass is 578 g/mol. The molecule has 1 aliphatic heterocycles. The third kappa shape index (κ3) is 5.49. The van der Waals surface area contributed by atoms with Gasteiger partial charge in [0.05, 0.1) is 6.04 Å². The van der Waals surface area contributed by atoms with E-state index in [1.165, 1.54) is 91.4 Å². The van der Waals surface area contributed by atoms with E-state index >= 15 is 0 Å². The number of benzene rings is 2. The van der Waals surface area contributed by atoms with Crippen LogP contribution >= 0.6 is 0 Å². The lowest BCUT2D eigenvalue weighted by atomic mass is 9.82. The van der Waals surface area contributed by atoms with E-state index in [4.69, 9.17) is 0 Å². The van der Waals surface area contributed by atoms with Crippen molar-refractivity contribution in [3.05, 3.63) is 137 Å². The van der Waals surface area contributed by atoms with Crippen molar-refractivity contribution in [1.29, 1.82) is 0 Å². The van der Waals surface area contributed by atoms with E-state index in [2.05, 4.69) is 113 Å². The molecule has 0 spiro atoms. The van der Waals surface area contributed by atoms with Gasteiger partial charge in [0.1, 0.15) is 0 Å². The van der Waals surface area contributed by atoms with Crippen LogP contribution in [0, 0.1) is 11.8 Å². The van der Waals surface area contributed by atoms with Crippen LogP contribution in [0.2, 0.25) is 0 Å². The lowest BCUT2D eigenvalue weighted by molar-refractivity contribution is 0.338. The molecule has 2 heteroatoms. The van der Waals surface area contributed by atoms with Crippen LogP contribution < -0.4 is 5.32 Å². The largest absolute Gasteiger partial charge is 0.382 e. The average Bonchev–Trinajstić information content (AvgIpc) is 3.43. The number of nitrogens with zero attached hydrogens (tertiary/aromatic N) is 1. The van der Waals surface area contributed by atoms with Gasteiger partial charge in [0.15, 0.2) is 0 Å². The van der Waals surface area contributed by atoms with E-state index in [-0.39, 0.29) is 0 Å². The van der Waals surface area contributed by atoms with Gasteiger partial charge in [-0.05, 0) is 129 Å². The molecule has 0 bridgehead atoms. The van der Waals surface area contributed by atoms with Gasteiger partial charge in [-0.1, -0.05) is 90.6 Å². The summed E-state index contributed by atoms with van der Waals surface area (Å²) in [5.41, 5.74) is 13.3. The molecule has 4 unspecified atom stereocenters. The Bertz CT molecular complexity index is 1590. The first-order chi connectivity index (χ1) is 21.8. The molecule has 0 radical (unpaired) electrons. The lowest BCUT2D eigenvalue weighted by Gasteiger charge is -2.35. The third-order valence-corrected chi connectivity index (χ3v) is 11.0. The number of allylic oxidation sites excluding steroid dienone is 12. The Kier molecular flexibility index (Phi) is 7.76. The minimum Gasteiger partial charge on any atom is -0.382 e. The summed E-state index contributed by atoms with van der Waals surface area (Å²) in [5, 5.41) is 3.99. The predicted molar refractivity (Wildman–Crippen MR) is 184 cm³/mol. The van der Waals surface area contributed by atoms with Gasteiger partial charge < -0.3 is 10.2 Å². The summed E-state index contributed by atoms with van der Waals surface area (Å²) in [5.74, 6) is 1.29. The highest BCUT2D eigenvalue weighted by Crippen LogP contribution is 2.50. The van der Waals surface area contributed by atoms with Gasteiger partial charge in [-0.15, -0.1) is 0 Å². The molecule has 2 aromatic carbocycles. The summed E-state index contributed by atoms with van der Waals surface area (Å²) in [6.45, 7) is 0. The first-order valence-corrected chi connectivity index (χ1v) is 17.4. The van der Waals surface area contributed by atoms with Gasteiger partial charge in [-0.3, -0.25) is 0 Å². The summed E-state index contributed by atoms with van der Waals surface area (Å²) >= 11 is 0. The van der Waals surface area contributed by atoms with Gasteiger partial charge in [0, 0.05) is 29.1 Å². The molecule has 2 nitrogen and oxygen atoms in total. The van der Waals surface area contributed by atoms with Crippen molar-refractivity contribution in [2.24, 2.45) is 11.8 Å². The average molecular weight is 579 g/mol. The van der Waals surface area contributed by atoms with E-state index in [0.717, 1.165) is 19.3 Å². The Hall–Kier alpha value is -3.78. The zero-order chi connectivity index (χ0) is 29.3. The van der Waals surface area contributed by atoms with Gasteiger partial charge >= 0.3 is 0 Å². The first-order valence-electron chi connectivity index (χ1n) is 17.4. The molecular formula is C42H46N2. The molecule has 0 saturated carbocycles. The molecule has 1 heterocycles. The van der Waals surface area contributed by atoms with Crippen molar-refractivity contribution in [3.63, 3.8) is 0 Å². The Morgan fingerprint density at radius 3 is 2.30 bits per heavy atom. The second kappa shape index (κ2) is 12.3. The van der Waals surface area contributed by atoms with Crippen molar-refractivity contribution < 1.29 is 0 Å². The zero-order valence-electron chi connectivity index (χ0n) is 26.1. The third-order valence-electron chi connectivity index (χ3n) is 11.0. The topological polar surface area (TPSA) is 15.3 Å². The second-order valence-corrected chi connectivity index (χ2v) is 13.7. The molecule has 0 amide bonds. The van der Waals surface area contributed by atoms with Gasteiger partial charge in [0.2, 0.25) is 0 Å². The van der Waals surface area contributed by atoms with E-state index in [9.17, 15) is 0 Å². The van der Waals surface area contributed by atoms with Gasteiger partial charge in [-0.25, -0.2) is 0 Å². The van der Waals surface area contributed by atoms with Crippen LogP contribution in [-0.4, -0.2) is 17.0 Å². The van der Waals surface area contributed by atoms with Crippen LogP contribution in [0.4, 0.5) is 0 Å². The first kappa shape index (κ1) is 27.7. The van der Waals surface area contributed by atoms with Crippen LogP contribution in [-0.2, 0) is 0 Å². The van der Waals surface area contributed by atoms with Crippen LogP contribution in [0.25, 0.3) is 16.7 Å². The number of nitrogens with one attached hydrogen (secondary N) is 1. The Labute approximate surface area is 264 Å². The Morgan fingerprint density at radius 2 is 1.52 bits per heavy atom. The fraction of sp³-hybridized carbons (Fsp3) is 0.381. The summed E-state index contributed by atoms with van der Waals surface area (Å²) in [7, 11) is 0. The van der Waals surface area contributed by atoms with E-state index < -0.39 is 0 Å². The van der Waals surface area contributed by atoms with Gasteiger partial charge in [-0.2, -0.15) is 0 Å². The quantitative estimate of drug-likeness (QED) is 0.343. The number of hydrogen-bond acceptors (Lipinski definition) is 2. The highest BCUT2D eigenvalue weighted by Gasteiger charge is 2.44. The number of fused-ring (bicyclic) bond motifs is 3. The maximum Gasteiger partial charge on any atom is 0.0552 e. The van der Waals surface area contributed by atoms with Crippen LogP contribution in [0.1, 0.15) is 82.6 Å². The number of rotatable bonds is 6. The molecule has 0 aromatic heterocycles. The highest BCUT2D eigenvalue weighted by molar-refractivity contribution is 5.72. The molecule has 6 aliphatic rings. The molecule has 1 saturated heterocycles. The van der Waals surface area contributed by atoms with Crippen molar-refractivity contribution in [1.82, 2.24) is 10.2 Å². The minimum absolute atomic E-state index is 0.429. The molecule has 44 heavy (non-hydrogen) atoms. The van der Waals surface area contributed by atoms with E-state index in [0.29, 0.717) is 23.9 Å². The van der Waals surface area contributed by atoms with Crippen molar-refractivity contribution in [3.8, 4) is 11.1 Å². The molecule has 5 aliphatic carbocycles. The molecule has 4 atom stereocenters. The maximum atomic E-state index is 3.99. The van der Waals surface area contributed by atoms with E-state index in [1.807, 2.05) is 0 Å². The highest BCUT2D eigenvalue weighted by atomic mass is 15.2. The summed E-state index contributed by atoms with van der Waals surface area (Å²) < 4.78 is 0. The fourth-order valence-corrected chi connectivity index (χ4v) is 8.70. The molecular weight excluding hydrogens is 532 g/mol. The van der Waals surface area contributed by atoms with Gasteiger partial charge in [0.25, 0.3) is 0 Å². The predicted octanol–water partition coefficient (Wildman–Crippen LogP) is 10.4. The molecule has 224 valence electrons. The lowest BCUT2D eigenvalue weighted by Crippen LogP contribution is -2.34. The second-order valence-electron chi connectivity index (χ2n) is 13.7. The molecule has 8 rings (SSSR count). The number of hydrogen-bond donors (Lipinski definition) is 1. The van der Waals surface area contributed by atoms with E-state index in [1.54, 1.807) is 16.8 Å². The van der Waals surface area contributed by atoms with Crippen molar-refractivity contribution in [2.75, 3.05) is 0 Å². The SMILES string of the molecule is C1=CC(C2=CC=C(NC3C=C4C(CC3)C3=CCCCC3N4C3=CC=C(c4ccc(-c5ccccc5)cc4)CC3)CC2)CCC1. The van der Waals surface area contributed by atoms with Crippen LogP contribution in [0.15, 0.2) is 131 Å². The number of likely N-dealkylation sites (tertiary alicyclic amines) is 1. The summed E-state index contributed by atoms with van der Waals surface area (Å²) in [4.78, 5) is 2.79. The molecule has 2 aromatic rings. The normalized spacial score (nSPS) is 28.0. The summed E-state index contributed by atoms with van der Waals surface area (Å²) in [6.07, 6.45) is 34.6. The van der Waals surface area contributed by atoms with Crippen LogP contribution in [0.3, 0.4) is 0 Å². The van der Waals surface area contributed by atoms with Crippen molar-refractivity contribution >= 4 is 5.57 Å². The molecule has 1 N–H and O–H groups in total. The molecule has 1 fully saturated rings. The Balaban J connectivity index is 1.02. The smallest absolute Gasteiger partial charge is 0.0552 e. The van der Waals surface area contributed by atoms with Crippen molar-refractivity contribution in [2.45, 2.75) is 89.1 Å². The minimum atomic E-state index is 0.429. The maximum absolute atomic E-state index is 3.99. The standard InChI is InChI=1S/C42H46N2/c1-3-9-30(10-4-1)32-15-17-33(18-16-32)35-21-26-38(27-22-35)44-41-14-8-7-13-39(41)40-28-25-37(29-42(40)44)43-36-23-19-34(20-24-36)31-11-5-2-6-12-31/h1,3-5,9-11,13,15-19,21,23,26,29,31,37,40-41,43H,2,6-8,12,14,20,22,24-25,27-28H2. The fourth-order valence-electron chi connectivity index (χ4n) is 8.70.